The predicted molar refractivity (Wildman–Crippen MR) is 107 cm³/mol. The van der Waals surface area contributed by atoms with Gasteiger partial charge in [-0.05, 0) is 38.0 Å². The van der Waals surface area contributed by atoms with E-state index in [9.17, 15) is 18.0 Å². The second kappa shape index (κ2) is 9.37. The number of likely N-dealkylation sites (N-methyl/N-ethyl adjacent to an activating group) is 1. The minimum absolute atomic E-state index is 0.0257. The normalized spacial score (nSPS) is 16.4. The first-order chi connectivity index (χ1) is 14.2. The number of sulfonamides is 1. The summed E-state index contributed by atoms with van der Waals surface area (Å²) in [6.45, 7) is 2.27. The first kappa shape index (κ1) is 21.9. The van der Waals surface area contributed by atoms with Crippen LogP contribution in [0.2, 0.25) is 0 Å². The fourth-order valence-electron chi connectivity index (χ4n) is 3.00. The zero-order valence-electron chi connectivity index (χ0n) is 16.8. The summed E-state index contributed by atoms with van der Waals surface area (Å²) in [6, 6.07) is 7.23. The van der Waals surface area contributed by atoms with E-state index in [1.165, 1.54) is 36.2 Å². The Balaban J connectivity index is 1.61. The standard InChI is InChI=1S/C19H24N4O6S/c1-13-9-17(22-29-13)21-18(24)12-23(2)19(25)14-5-3-7-16(10-14)30(26,27)20-11-15-6-4-8-28-15/h3,5,7,9-10,15,20H,4,6,8,11-12H2,1-2H3,(H,21,22,24)/t15-/m0/s1. The predicted octanol–water partition coefficient (Wildman–Crippen LogP) is 1.15. The molecule has 3 rings (SSSR count). The smallest absolute Gasteiger partial charge is 0.254 e. The number of rotatable bonds is 8. The molecule has 1 aromatic heterocycles. The molecule has 1 atom stereocenters. The second-order valence-corrected chi connectivity index (χ2v) is 8.81. The van der Waals surface area contributed by atoms with Crippen LogP contribution in [0, 0.1) is 6.92 Å². The van der Waals surface area contributed by atoms with E-state index < -0.39 is 21.8 Å². The van der Waals surface area contributed by atoms with Crippen molar-refractivity contribution in [3.8, 4) is 0 Å². The molecule has 30 heavy (non-hydrogen) atoms. The van der Waals surface area contributed by atoms with Crippen LogP contribution in [0.1, 0.15) is 29.0 Å². The van der Waals surface area contributed by atoms with Crippen LogP contribution in [0.5, 0.6) is 0 Å². The van der Waals surface area contributed by atoms with Gasteiger partial charge in [0.2, 0.25) is 15.9 Å². The summed E-state index contributed by atoms with van der Waals surface area (Å²) >= 11 is 0. The molecule has 1 aromatic carbocycles. The van der Waals surface area contributed by atoms with Crippen LogP contribution in [0.15, 0.2) is 39.8 Å². The van der Waals surface area contributed by atoms with Gasteiger partial charge in [-0.15, -0.1) is 0 Å². The number of anilines is 1. The number of aryl methyl sites for hydroxylation is 1. The van der Waals surface area contributed by atoms with Crippen LogP contribution >= 0.6 is 0 Å². The minimum atomic E-state index is -3.79. The molecule has 1 aliphatic rings. The second-order valence-electron chi connectivity index (χ2n) is 7.05. The summed E-state index contributed by atoms with van der Waals surface area (Å²) in [7, 11) is -2.34. The lowest BCUT2D eigenvalue weighted by Crippen LogP contribution is -2.35. The van der Waals surface area contributed by atoms with E-state index in [1.807, 2.05) is 0 Å². The lowest BCUT2D eigenvalue weighted by atomic mass is 10.2. The van der Waals surface area contributed by atoms with E-state index >= 15 is 0 Å². The number of ether oxygens (including phenoxy) is 1. The topological polar surface area (TPSA) is 131 Å². The van der Waals surface area contributed by atoms with Gasteiger partial charge in [-0.1, -0.05) is 11.2 Å². The first-order valence-corrected chi connectivity index (χ1v) is 10.9. The molecule has 0 spiro atoms. The molecule has 0 aliphatic carbocycles. The molecule has 2 aromatic rings. The van der Waals surface area contributed by atoms with Gasteiger partial charge in [0, 0.05) is 31.8 Å². The van der Waals surface area contributed by atoms with E-state index in [2.05, 4.69) is 15.2 Å². The maximum Gasteiger partial charge on any atom is 0.254 e. The van der Waals surface area contributed by atoms with E-state index in [0.717, 1.165) is 12.8 Å². The van der Waals surface area contributed by atoms with Gasteiger partial charge >= 0.3 is 0 Å². The zero-order chi connectivity index (χ0) is 21.7. The molecule has 1 saturated heterocycles. The molecule has 0 unspecified atom stereocenters. The van der Waals surface area contributed by atoms with Gasteiger partial charge in [0.05, 0.1) is 17.5 Å². The molecule has 2 N–H and O–H groups in total. The lowest BCUT2D eigenvalue weighted by Gasteiger charge is -2.17. The summed E-state index contributed by atoms with van der Waals surface area (Å²) in [5.74, 6) is -0.150. The minimum Gasteiger partial charge on any atom is -0.377 e. The van der Waals surface area contributed by atoms with Crippen molar-refractivity contribution in [2.24, 2.45) is 0 Å². The van der Waals surface area contributed by atoms with Crippen molar-refractivity contribution >= 4 is 27.7 Å². The Bertz CT molecular complexity index is 1010. The Morgan fingerprint density at radius 3 is 2.77 bits per heavy atom. The average Bonchev–Trinajstić information content (AvgIpc) is 3.37. The van der Waals surface area contributed by atoms with Crippen LogP contribution in [0.3, 0.4) is 0 Å². The fraction of sp³-hybridized carbons (Fsp3) is 0.421. The van der Waals surface area contributed by atoms with Gasteiger partial charge in [-0.25, -0.2) is 13.1 Å². The zero-order valence-corrected chi connectivity index (χ0v) is 17.6. The summed E-state index contributed by atoms with van der Waals surface area (Å²) in [5.41, 5.74) is 0.155. The highest BCUT2D eigenvalue weighted by Crippen LogP contribution is 2.15. The number of carbonyl (C=O) groups excluding carboxylic acids is 2. The largest absolute Gasteiger partial charge is 0.377 e. The van der Waals surface area contributed by atoms with Crippen molar-refractivity contribution in [1.82, 2.24) is 14.8 Å². The number of carbonyl (C=O) groups is 2. The van der Waals surface area contributed by atoms with Crippen LogP contribution < -0.4 is 10.0 Å². The molecule has 162 valence electrons. The van der Waals surface area contributed by atoms with E-state index in [-0.39, 0.29) is 35.5 Å². The summed E-state index contributed by atoms with van der Waals surface area (Å²) in [6.07, 6.45) is 1.58. The third kappa shape index (κ3) is 5.65. The molecule has 0 saturated carbocycles. The van der Waals surface area contributed by atoms with Crippen molar-refractivity contribution in [3.05, 3.63) is 41.7 Å². The van der Waals surface area contributed by atoms with Gasteiger partial charge in [-0.2, -0.15) is 0 Å². The summed E-state index contributed by atoms with van der Waals surface area (Å²) in [4.78, 5) is 25.9. The van der Waals surface area contributed by atoms with Gasteiger partial charge in [0.25, 0.3) is 5.91 Å². The Labute approximate surface area is 174 Å². The van der Waals surface area contributed by atoms with Crippen molar-refractivity contribution in [2.75, 3.05) is 32.1 Å². The third-order valence-corrected chi connectivity index (χ3v) is 5.96. The Morgan fingerprint density at radius 1 is 1.30 bits per heavy atom. The van der Waals surface area contributed by atoms with Crippen molar-refractivity contribution in [1.29, 1.82) is 0 Å². The van der Waals surface area contributed by atoms with Gasteiger partial charge in [-0.3, -0.25) is 9.59 Å². The highest BCUT2D eigenvalue weighted by Gasteiger charge is 2.22. The maximum absolute atomic E-state index is 12.7. The summed E-state index contributed by atoms with van der Waals surface area (Å²) in [5, 5.41) is 6.18. The van der Waals surface area contributed by atoms with Gasteiger partial charge in [0.15, 0.2) is 5.82 Å². The number of benzene rings is 1. The van der Waals surface area contributed by atoms with Crippen LogP contribution in [-0.2, 0) is 19.6 Å². The van der Waals surface area contributed by atoms with E-state index in [0.29, 0.717) is 12.4 Å². The molecule has 2 amide bonds. The molecular weight excluding hydrogens is 412 g/mol. The van der Waals surface area contributed by atoms with Crippen molar-refractivity contribution in [3.63, 3.8) is 0 Å². The average molecular weight is 436 g/mol. The monoisotopic (exact) mass is 436 g/mol. The van der Waals surface area contributed by atoms with Crippen LogP contribution in [0.4, 0.5) is 5.82 Å². The molecule has 1 fully saturated rings. The molecule has 10 nitrogen and oxygen atoms in total. The number of hydrogen-bond donors (Lipinski definition) is 2. The van der Waals surface area contributed by atoms with Gasteiger partial charge < -0.3 is 19.5 Å². The Morgan fingerprint density at radius 2 is 2.10 bits per heavy atom. The number of nitrogens with zero attached hydrogens (tertiary/aromatic N) is 2. The molecule has 1 aliphatic heterocycles. The number of hydrogen-bond acceptors (Lipinski definition) is 7. The number of nitrogens with one attached hydrogen (secondary N) is 2. The molecular formula is C19H24N4O6S. The van der Waals surface area contributed by atoms with Crippen LogP contribution in [-0.4, -0.2) is 63.1 Å². The lowest BCUT2D eigenvalue weighted by molar-refractivity contribution is -0.116. The number of aromatic nitrogens is 1. The Kier molecular flexibility index (Phi) is 6.85. The summed E-state index contributed by atoms with van der Waals surface area (Å²) < 4.78 is 37.9. The Hall–Kier alpha value is -2.76. The third-order valence-electron chi connectivity index (χ3n) is 4.54. The molecule has 0 radical (unpaired) electrons. The highest BCUT2D eigenvalue weighted by atomic mass is 32.2. The quantitative estimate of drug-likeness (QED) is 0.635. The first-order valence-electron chi connectivity index (χ1n) is 9.44. The van der Waals surface area contributed by atoms with Gasteiger partial charge in [0.1, 0.15) is 5.76 Å². The fourth-order valence-corrected chi connectivity index (χ4v) is 4.11. The molecule has 11 heteroatoms. The van der Waals surface area contributed by atoms with Crippen molar-refractivity contribution in [2.45, 2.75) is 30.8 Å². The maximum atomic E-state index is 12.7. The molecule has 2 heterocycles. The SMILES string of the molecule is Cc1cc(NC(=O)CN(C)C(=O)c2cccc(S(=O)(=O)NC[C@@H]3CCCO3)c2)no1. The van der Waals surface area contributed by atoms with Crippen LogP contribution in [0.25, 0.3) is 0 Å². The molecule has 0 bridgehead atoms. The van der Waals surface area contributed by atoms with E-state index in [1.54, 1.807) is 13.0 Å². The number of amides is 2. The highest BCUT2D eigenvalue weighted by molar-refractivity contribution is 7.89. The van der Waals surface area contributed by atoms with Crippen molar-refractivity contribution < 1.29 is 27.3 Å². The van der Waals surface area contributed by atoms with E-state index in [4.69, 9.17) is 9.26 Å².